The Morgan fingerprint density at radius 2 is 2.03 bits per heavy atom. The van der Waals surface area contributed by atoms with Crippen LogP contribution in [0, 0.1) is 6.92 Å². The number of oxazole rings is 1. The van der Waals surface area contributed by atoms with Gasteiger partial charge in [0.25, 0.3) is 0 Å². The fraction of sp³-hybridized carbons (Fsp3) is 0.286. The van der Waals surface area contributed by atoms with Crippen LogP contribution in [-0.2, 0) is 4.79 Å². The van der Waals surface area contributed by atoms with E-state index in [1.165, 1.54) is 31.4 Å². The summed E-state index contributed by atoms with van der Waals surface area (Å²) in [4.78, 5) is 21.1. The second kappa shape index (κ2) is 8.81. The summed E-state index contributed by atoms with van der Waals surface area (Å²) in [5, 5.41) is 0. The zero-order valence-electron chi connectivity index (χ0n) is 16.2. The molecule has 0 spiro atoms. The van der Waals surface area contributed by atoms with Crippen LogP contribution in [-0.4, -0.2) is 29.0 Å². The number of hydrogen-bond donors (Lipinski definition) is 0. The SMILES string of the molecule is CCOc1cc(-c2nc(C(C(C)=O)c3ncccc3C)co2)ccc1OC(F)F. The topological polar surface area (TPSA) is 74.5 Å². The van der Waals surface area contributed by atoms with E-state index in [1.807, 2.05) is 13.0 Å². The number of alkyl halides is 2. The van der Waals surface area contributed by atoms with Crippen LogP contribution in [0.5, 0.6) is 11.5 Å². The average Bonchev–Trinajstić information content (AvgIpc) is 3.14. The Morgan fingerprint density at radius 1 is 1.24 bits per heavy atom. The van der Waals surface area contributed by atoms with E-state index in [0.717, 1.165) is 5.56 Å². The van der Waals surface area contributed by atoms with Gasteiger partial charge < -0.3 is 13.9 Å². The number of nitrogens with zero attached hydrogens (tertiary/aromatic N) is 2. The van der Waals surface area contributed by atoms with Crippen molar-refractivity contribution in [1.29, 1.82) is 0 Å². The van der Waals surface area contributed by atoms with E-state index in [2.05, 4.69) is 14.7 Å². The number of aromatic nitrogens is 2. The summed E-state index contributed by atoms with van der Waals surface area (Å²) in [6.45, 7) is 2.37. The molecular weight excluding hydrogens is 382 g/mol. The Balaban J connectivity index is 1.97. The Hall–Kier alpha value is -3.29. The van der Waals surface area contributed by atoms with Crippen molar-refractivity contribution in [3.8, 4) is 23.0 Å². The lowest BCUT2D eigenvalue weighted by Crippen LogP contribution is -2.14. The van der Waals surface area contributed by atoms with Gasteiger partial charge in [-0.2, -0.15) is 8.78 Å². The van der Waals surface area contributed by atoms with Crippen molar-refractivity contribution >= 4 is 5.78 Å². The Kier molecular flexibility index (Phi) is 6.21. The zero-order chi connectivity index (χ0) is 21.0. The maximum absolute atomic E-state index is 12.6. The van der Waals surface area contributed by atoms with Crippen LogP contribution in [0.15, 0.2) is 47.2 Å². The van der Waals surface area contributed by atoms with Crippen LogP contribution in [0.4, 0.5) is 8.78 Å². The van der Waals surface area contributed by atoms with Crippen LogP contribution in [0.3, 0.4) is 0 Å². The van der Waals surface area contributed by atoms with Crippen molar-refractivity contribution in [1.82, 2.24) is 9.97 Å². The molecule has 8 heteroatoms. The Labute approximate surface area is 166 Å². The maximum atomic E-state index is 12.6. The van der Waals surface area contributed by atoms with Crippen molar-refractivity contribution in [2.45, 2.75) is 33.3 Å². The second-order valence-corrected chi connectivity index (χ2v) is 6.30. The minimum Gasteiger partial charge on any atom is -0.490 e. The summed E-state index contributed by atoms with van der Waals surface area (Å²) in [6.07, 6.45) is 3.02. The van der Waals surface area contributed by atoms with Gasteiger partial charge in [0.05, 0.1) is 18.0 Å². The van der Waals surface area contributed by atoms with Crippen LogP contribution >= 0.6 is 0 Å². The second-order valence-electron chi connectivity index (χ2n) is 6.30. The summed E-state index contributed by atoms with van der Waals surface area (Å²) >= 11 is 0. The van der Waals surface area contributed by atoms with Gasteiger partial charge >= 0.3 is 6.61 Å². The molecule has 1 atom stereocenters. The average molecular weight is 402 g/mol. The summed E-state index contributed by atoms with van der Waals surface area (Å²) in [6, 6.07) is 8.07. The molecule has 152 valence electrons. The number of aryl methyl sites for hydroxylation is 1. The molecule has 0 aliphatic carbocycles. The van der Waals surface area contributed by atoms with Gasteiger partial charge in [0, 0.05) is 11.8 Å². The highest BCUT2D eigenvalue weighted by Gasteiger charge is 2.26. The minimum atomic E-state index is -2.97. The number of ketones is 1. The molecule has 6 nitrogen and oxygen atoms in total. The molecule has 0 saturated carbocycles. The van der Waals surface area contributed by atoms with Crippen LogP contribution in [0.1, 0.15) is 36.7 Å². The van der Waals surface area contributed by atoms with E-state index < -0.39 is 12.5 Å². The number of Topliss-reactive ketones (excluding diaryl/α,β-unsaturated/α-hetero) is 1. The molecule has 1 aromatic carbocycles. The molecule has 0 radical (unpaired) electrons. The van der Waals surface area contributed by atoms with Crippen molar-refractivity contribution < 1.29 is 27.5 Å². The smallest absolute Gasteiger partial charge is 0.387 e. The van der Waals surface area contributed by atoms with Crippen molar-refractivity contribution in [2.75, 3.05) is 6.61 Å². The molecule has 3 aromatic rings. The van der Waals surface area contributed by atoms with Gasteiger partial charge in [0.2, 0.25) is 5.89 Å². The molecule has 0 amide bonds. The first-order chi connectivity index (χ1) is 13.9. The molecule has 0 fully saturated rings. The lowest BCUT2D eigenvalue weighted by Gasteiger charge is -2.12. The highest BCUT2D eigenvalue weighted by molar-refractivity contribution is 5.86. The van der Waals surface area contributed by atoms with Gasteiger partial charge in [-0.25, -0.2) is 4.98 Å². The van der Waals surface area contributed by atoms with Gasteiger partial charge in [-0.05, 0) is 50.6 Å². The fourth-order valence-corrected chi connectivity index (χ4v) is 3.00. The summed E-state index contributed by atoms with van der Waals surface area (Å²) < 4.78 is 40.6. The monoisotopic (exact) mass is 402 g/mol. The number of carbonyl (C=O) groups is 1. The van der Waals surface area contributed by atoms with E-state index >= 15 is 0 Å². The van der Waals surface area contributed by atoms with Gasteiger partial charge in [0.1, 0.15) is 18.0 Å². The third-order valence-corrected chi connectivity index (χ3v) is 4.25. The molecule has 0 N–H and O–H groups in total. The van der Waals surface area contributed by atoms with Crippen LogP contribution in [0.25, 0.3) is 11.5 Å². The standard InChI is InChI=1S/C21H20F2N2O4/c1-4-27-17-10-14(7-8-16(17)29-21(22)23)20-25-15(11-28-20)18(13(3)26)19-12(2)6-5-9-24-19/h5-11,18,21H,4H2,1-3H3. The van der Waals surface area contributed by atoms with Gasteiger partial charge in [-0.15, -0.1) is 0 Å². The highest BCUT2D eigenvalue weighted by atomic mass is 19.3. The molecule has 29 heavy (non-hydrogen) atoms. The summed E-state index contributed by atoms with van der Waals surface area (Å²) in [7, 11) is 0. The first-order valence-corrected chi connectivity index (χ1v) is 9.00. The third-order valence-electron chi connectivity index (χ3n) is 4.25. The molecular formula is C21H20F2N2O4. The molecule has 0 aliphatic heterocycles. The van der Waals surface area contributed by atoms with Gasteiger partial charge in [0.15, 0.2) is 11.5 Å². The summed E-state index contributed by atoms with van der Waals surface area (Å²) in [5.41, 5.74) is 2.39. The number of rotatable bonds is 8. The number of carbonyl (C=O) groups excluding carboxylic acids is 1. The number of ether oxygens (including phenoxy) is 2. The zero-order valence-corrected chi connectivity index (χ0v) is 16.2. The molecule has 2 heterocycles. The molecule has 3 rings (SSSR count). The van der Waals surface area contributed by atoms with E-state index in [0.29, 0.717) is 17.0 Å². The van der Waals surface area contributed by atoms with Gasteiger partial charge in [-0.3, -0.25) is 9.78 Å². The molecule has 2 aromatic heterocycles. The number of pyridine rings is 1. The largest absolute Gasteiger partial charge is 0.490 e. The Bertz CT molecular complexity index is 1000. The minimum absolute atomic E-state index is 0.0805. The van der Waals surface area contributed by atoms with E-state index in [1.54, 1.807) is 19.2 Å². The van der Waals surface area contributed by atoms with Crippen molar-refractivity contribution in [3.05, 3.63) is 59.7 Å². The molecule has 1 unspecified atom stereocenters. The normalized spacial score (nSPS) is 12.1. The van der Waals surface area contributed by atoms with Crippen molar-refractivity contribution in [3.63, 3.8) is 0 Å². The molecule has 0 bridgehead atoms. The van der Waals surface area contributed by atoms with Crippen LogP contribution in [0.2, 0.25) is 0 Å². The summed E-state index contributed by atoms with van der Waals surface area (Å²) in [5.74, 6) is -0.495. The van der Waals surface area contributed by atoms with Crippen LogP contribution < -0.4 is 9.47 Å². The van der Waals surface area contributed by atoms with E-state index in [-0.39, 0.29) is 29.8 Å². The van der Waals surface area contributed by atoms with E-state index in [9.17, 15) is 13.6 Å². The van der Waals surface area contributed by atoms with Gasteiger partial charge in [-0.1, -0.05) is 6.07 Å². The molecule has 0 saturated heterocycles. The number of halogens is 2. The fourth-order valence-electron chi connectivity index (χ4n) is 3.00. The number of benzene rings is 1. The third kappa shape index (κ3) is 4.59. The highest BCUT2D eigenvalue weighted by Crippen LogP contribution is 2.35. The first kappa shape index (κ1) is 20.4. The maximum Gasteiger partial charge on any atom is 0.387 e. The lowest BCUT2D eigenvalue weighted by molar-refractivity contribution is -0.117. The lowest BCUT2D eigenvalue weighted by atomic mass is 9.94. The Morgan fingerprint density at radius 3 is 2.69 bits per heavy atom. The predicted molar refractivity (Wildman–Crippen MR) is 101 cm³/mol. The number of hydrogen-bond acceptors (Lipinski definition) is 6. The quantitative estimate of drug-likeness (QED) is 0.541. The van der Waals surface area contributed by atoms with E-state index in [4.69, 9.17) is 9.15 Å². The molecule has 0 aliphatic rings. The predicted octanol–water partition coefficient (Wildman–Crippen LogP) is 4.77. The van der Waals surface area contributed by atoms with Crippen molar-refractivity contribution in [2.24, 2.45) is 0 Å². The first-order valence-electron chi connectivity index (χ1n) is 9.00.